The zero-order chi connectivity index (χ0) is 11.3. The monoisotopic (exact) mass is 227 g/mol. The van der Waals surface area contributed by atoms with Gasteiger partial charge in [0.05, 0.1) is 12.7 Å². The molecule has 0 saturated heterocycles. The van der Waals surface area contributed by atoms with E-state index in [-0.39, 0.29) is 17.9 Å². The highest BCUT2D eigenvalue weighted by Crippen LogP contribution is 2.24. The second kappa shape index (κ2) is 5.71. The van der Waals surface area contributed by atoms with Crippen molar-refractivity contribution in [3.63, 3.8) is 0 Å². The molecule has 1 rings (SSSR count). The molecule has 0 aliphatic carbocycles. The molecule has 0 unspecified atom stereocenters. The Morgan fingerprint density at radius 3 is 2.87 bits per heavy atom. The molecule has 3 nitrogen and oxygen atoms in total. The largest absolute Gasteiger partial charge is 0.394 e. The molecule has 1 aromatic carbocycles. The van der Waals surface area contributed by atoms with E-state index in [1.54, 1.807) is 12.1 Å². The van der Waals surface area contributed by atoms with Gasteiger partial charge in [-0.05, 0) is 12.1 Å². The van der Waals surface area contributed by atoms with Gasteiger partial charge in [0.2, 0.25) is 0 Å². The van der Waals surface area contributed by atoms with E-state index < -0.39 is 11.9 Å². The maximum absolute atomic E-state index is 13.1. The number of aliphatic hydroxyl groups excluding tert-OH is 2. The van der Waals surface area contributed by atoms with Crippen LogP contribution in [0.2, 0.25) is 0 Å². The summed E-state index contributed by atoms with van der Waals surface area (Å²) < 4.78 is 13.1. The number of nitriles is 1. The van der Waals surface area contributed by atoms with E-state index >= 15 is 0 Å². The molecule has 80 valence electrons. The Kier molecular flexibility index (Phi) is 4.56. The number of thioether (sulfide) groups is 1. The van der Waals surface area contributed by atoms with E-state index in [0.29, 0.717) is 4.90 Å². The first-order valence-corrected chi connectivity index (χ1v) is 5.28. The van der Waals surface area contributed by atoms with Crippen molar-refractivity contribution in [1.82, 2.24) is 0 Å². The number of benzene rings is 1. The summed E-state index contributed by atoms with van der Waals surface area (Å²) in [5, 5.41) is 26.4. The van der Waals surface area contributed by atoms with Gasteiger partial charge in [0.15, 0.2) is 0 Å². The lowest BCUT2D eigenvalue weighted by Gasteiger charge is -2.07. The SMILES string of the molecule is N#Cc1c(F)cccc1SC[C@H](O)CO. The molecule has 2 N–H and O–H groups in total. The number of halogens is 1. The van der Waals surface area contributed by atoms with Crippen LogP contribution in [0.4, 0.5) is 4.39 Å². The van der Waals surface area contributed by atoms with E-state index in [1.807, 2.05) is 0 Å². The third-order valence-electron chi connectivity index (χ3n) is 1.73. The van der Waals surface area contributed by atoms with Gasteiger partial charge in [-0.2, -0.15) is 5.26 Å². The fourth-order valence-corrected chi connectivity index (χ4v) is 1.91. The van der Waals surface area contributed by atoms with Crippen LogP contribution in [0.15, 0.2) is 23.1 Å². The van der Waals surface area contributed by atoms with Crippen LogP contribution in [0.5, 0.6) is 0 Å². The maximum atomic E-state index is 13.1. The molecule has 1 aromatic rings. The summed E-state index contributed by atoms with van der Waals surface area (Å²) in [6, 6.07) is 6.09. The van der Waals surface area contributed by atoms with E-state index in [9.17, 15) is 4.39 Å². The minimum Gasteiger partial charge on any atom is -0.394 e. The number of nitrogens with zero attached hydrogens (tertiary/aromatic N) is 1. The fraction of sp³-hybridized carbons (Fsp3) is 0.300. The van der Waals surface area contributed by atoms with Gasteiger partial charge in [-0.15, -0.1) is 11.8 Å². The summed E-state index contributed by atoms with van der Waals surface area (Å²) in [7, 11) is 0. The normalized spacial score (nSPS) is 12.1. The van der Waals surface area contributed by atoms with Crippen molar-refractivity contribution < 1.29 is 14.6 Å². The zero-order valence-corrected chi connectivity index (χ0v) is 8.67. The first kappa shape index (κ1) is 12.0. The molecule has 0 bridgehead atoms. The summed E-state index contributed by atoms with van der Waals surface area (Å²) in [6.45, 7) is -0.343. The Balaban J connectivity index is 2.77. The van der Waals surface area contributed by atoms with Gasteiger partial charge in [0.1, 0.15) is 17.4 Å². The van der Waals surface area contributed by atoms with Crippen molar-refractivity contribution in [1.29, 1.82) is 5.26 Å². The molecule has 0 fully saturated rings. The highest BCUT2D eigenvalue weighted by Gasteiger charge is 2.10. The van der Waals surface area contributed by atoms with Crippen molar-refractivity contribution in [2.45, 2.75) is 11.0 Å². The Labute approximate surface area is 91.2 Å². The van der Waals surface area contributed by atoms with E-state index in [1.165, 1.54) is 12.1 Å². The molecular weight excluding hydrogens is 217 g/mol. The molecule has 0 saturated carbocycles. The summed E-state index contributed by atoms with van der Waals surface area (Å²) in [4.78, 5) is 0.477. The molecular formula is C10H10FNO2S. The lowest BCUT2D eigenvalue weighted by atomic mass is 10.2. The topological polar surface area (TPSA) is 64.2 Å². The second-order valence-corrected chi connectivity index (χ2v) is 3.93. The van der Waals surface area contributed by atoms with Crippen molar-refractivity contribution in [3.05, 3.63) is 29.6 Å². The number of rotatable bonds is 4. The zero-order valence-electron chi connectivity index (χ0n) is 7.85. The van der Waals surface area contributed by atoms with Crippen LogP contribution in [0.3, 0.4) is 0 Å². The third-order valence-corrected chi connectivity index (χ3v) is 2.93. The minimum absolute atomic E-state index is 0.0207. The molecule has 0 aliphatic rings. The maximum Gasteiger partial charge on any atom is 0.142 e. The molecule has 0 radical (unpaired) electrons. The first-order valence-electron chi connectivity index (χ1n) is 4.29. The van der Waals surface area contributed by atoms with E-state index in [2.05, 4.69) is 0 Å². The van der Waals surface area contributed by atoms with Crippen LogP contribution in [-0.2, 0) is 0 Å². The van der Waals surface area contributed by atoms with Crippen LogP contribution >= 0.6 is 11.8 Å². The van der Waals surface area contributed by atoms with Crippen molar-refractivity contribution in [2.75, 3.05) is 12.4 Å². The molecule has 0 amide bonds. The summed E-state index contributed by atoms with van der Waals surface area (Å²) >= 11 is 1.15. The predicted octanol–water partition coefficient (Wildman–Crippen LogP) is 1.14. The Bertz CT molecular complexity index is 378. The van der Waals surface area contributed by atoms with Gasteiger partial charge in [-0.25, -0.2) is 4.39 Å². The second-order valence-electron chi connectivity index (χ2n) is 2.87. The van der Waals surface area contributed by atoms with Crippen LogP contribution in [0.25, 0.3) is 0 Å². The molecule has 0 spiro atoms. The summed E-state index contributed by atoms with van der Waals surface area (Å²) in [5.41, 5.74) is -0.0207. The van der Waals surface area contributed by atoms with Gasteiger partial charge < -0.3 is 10.2 Å². The third kappa shape index (κ3) is 3.20. The summed E-state index contributed by atoms with van der Waals surface area (Å²) in [5.74, 6) is -0.338. The molecule has 1 atom stereocenters. The lowest BCUT2D eigenvalue weighted by Crippen LogP contribution is -2.14. The number of aliphatic hydroxyl groups is 2. The van der Waals surface area contributed by atoms with Gasteiger partial charge in [0.25, 0.3) is 0 Å². The van der Waals surface area contributed by atoms with Gasteiger partial charge in [-0.3, -0.25) is 0 Å². The Morgan fingerprint density at radius 1 is 1.53 bits per heavy atom. The van der Waals surface area contributed by atoms with Crippen LogP contribution in [0, 0.1) is 17.1 Å². The molecule has 0 aliphatic heterocycles. The van der Waals surface area contributed by atoms with Crippen molar-refractivity contribution >= 4 is 11.8 Å². The average Bonchev–Trinajstić information content (AvgIpc) is 2.25. The van der Waals surface area contributed by atoms with E-state index in [4.69, 9.17) is 15.5 Å². The highest BCUT2D eigenvalue weighted by atomic mass is 32.2. The van der Waals surface area contributed by atoms with Crippen LogP contribution in [-0.4, -0.2) is 28.7 Å². The molecule has 5 heteroatoms. The lowest BCUT2D eigenvalue weighted by molar-refractivity contribution is 0.113. The van der Waals surface area contributed by atoms with Crippen LogP contribution < -0.4 is 0 Å². The highest BCUT2D eigenvalue weighted by molar-refractivity contribution is 7.99. The summed E-state index contributed by atoms with van der Waals surface area (Å²) in [6.07, 6.45) is -0.857. The average molecular weight is 227 g/mol. The van der Waals surface area contributed by atoms with Gasteiger partial charge >= 0.3 is 0 Å². The minimum atomic E-state index is -0.857. The molecule has 0 aromatic heterocycles. The molecule has 0 heterocycles. The quantitative estimate of drug-likeness (QED) is 0.757. The van der Waals surface area contributed by atoms with E-state index in [0.717, 1.165) is 11.8 Å². The fourth-order valence-electron chi connectivity index (χ4n) is 0.972. The van der Waals surface area contributed by atoms with Gasteiger partial charge in [0, 0.05) is 10.6 Å². The molecule has 15 heavy (non-hydrogen) atoms. The predicted molar refractivity (Wildman–Crippen MR) is 54.9 cm³/mol. The standard InChI is InChI=1S/C10H10FNO2S/c11-9-2-1-3-10(8(9)4-12)15-6-7(14)5-13/h1-3,7,13-14H,5-6H2/t7-/m1/s1. The van der Waals surface area contributed by atoms with Gasteiger partial charge in [-0.1, -0.05) is 6.07 Å². The smallest absolute Gasteiger partial charge is 0.142 e. The Hall–Kier alpha value is -1.09. The van der Waals surface area contributed by atoms with Crippen LogP contribution in [0.1, 0.15) is 5.56 Å². The number of hydrogen-bond donors (Lipinski definition) is 2. The van der Waals surface area contributed by atoms with Crippen molar-refractivity contribution in [2.24, 2.45) is 0 Å². The first-order chi connectivity index (χ1) is 7.19. The number of hydrogen-bond acceptors (Lipinski definition) is 4. The Morgan fingerprint density at radius 2 is 2.27 bits per heavy atom. The van der Waals surface area contributed by atoms with Crippen molar-refractivity contribution in [3.8, 4) is 6.07 Å².